The van der Waals surface area contributed by atoms with Crippen molar-refractivity contribution in [2.45, 2.75) is 38.6 Å². The number of hydrogen-bond acceptors (Lipinski definition) is 3. The Morgan fingerprint density at radius 2 is 2.05 bits per heavy atom. The first-order valence-corrected chi connectivity index (χ1v) is 6.44. The summed E-state index contributed by atoms with van der Waals surface area (Å²) >= 11 is 0. The van der Waals surface area contributed by atoms with E-state index in [1.165, 1.54) is 0 Å². The van der Waals surface area contributed by atoms with E-state index in [0.29, 0.717) is 0 Å². The fourth-order valence-electron chi connectivity index (χ4n) is 1.96. The summed E-state index contributed by atoms with van der Waals surface area (Å²) in [5, 5.41) is 2.59. The van der Waals surface area contributed by atoms with Gasteiger partial charge in [0, 0.05) is 19.5 Å². The number of benzene rings is 1. The number of ether oxygens (including phenoxy) is 1. The van der Waals surface area contributed by atoms with Crippen molar-refractivity contribution in [2.24, 2.45) is 5.73 Å². The molecule has 4 heteroatoms. The third kappa shape index (κ3) is 3.96. The molecule has 4 nitrogen and oxygen atoms in total. The van der Waals surface area contributed by atoms with E-state index in [1.54, 1.807) is 14.2 Å². The minimum absolute atomic E-state index is 0.0336. The van der Waals surface area contributed by atoms with Gasteiger partial charge in [-0.3, -0.25) is 4.79 Å². The fraction of sp³-hybridized carbons (Fsp3) is 0.533. The zero-order valence-corrected chi connectivity index (χ0v) is 12.4. The molecule has 0 aliphatic rings. The van der Waals surface area contributed by atoms with Crippen molar-refractivity contribution in [2.75, 3.05) is 14.2 Å². The van der Waals surface area contributed by atoms with Gasteiger partial charge in [-0.1, -0.05) is 32.9 Å². The summed E-state index contributed by atoms with van der Waals surface area (Å²) in [5.74, 6) is 0.795. The lowest BCUT2D eigenvalue weighted by atomic mass is 9.84. The van der Waals surface area contributed by atoms with Gasteiger partial charge in [-0.2, -0.15) is 0 Å². The standard InChI is InChI=1S/C15H24N2O2/c1-15(2,3)11-8-10(6-7-13(11)19-5)12(16)9-14(18)17-4/h6-8,12H,9,16H2,1-5H3,(H,17,18). The SMILES string of the molecule is CNC(=O)CC(N)c1ccc(OC)c(C(C)(C)C)c1. The average Bonchev–Trinajstić information content (AvgIpc) is 2.36. The number of nitrogens with one attached hydrogen (secondary N) is 1. The average molecular weight is 264 g/mol. The molecule has 0 heterocycles. The van der Waals surface area contributed by atoms with Crippen LogP contribution in [-0.2, 0) is 10.2 Å². The van der Waals surface area contributed by atoms with Gasteiger partial charge in [-0.25, -0.2) is 0 Å². The number of carbonyl (C=O) groups excluding carboxylic acids is 1. The van der Waals surface area contributed by atoms with E-state index >= 15 is 0 Å². The van der Waals surface area contributed by atoms with E-state index in [2.05, 4.69) is 26.1 Å². The molecule has 1 rings (SSSR count). The van der Waals surface area contributed by atoms with Crippen LogP contribution < -0.4 is 15.8 Å². The molecule has 1 aromatic rings. The molecule has 0 fully saturated rings. The van der Waals surface area contributed by atoms with Crippen LogP contribution in [0.1, 0.15) is 44.4 Å². The molecular weight excluding hydrogens is 240 g/mol. The van der Waals surface area contributed by atoms with E-state index in [4.69, 9.17) is 10.5 Å². The minimum atomic E-state index is -0.299. The normalized spacial score (nSPS) is 12.9. The summed E-state index contributed by atoms with van der Waals surface area (Å²) in [6.07, 6.45) is 0.284. The van der Waals surface area contributed by atoms with Gasteiger partial charge >= 0.3 is 0 Å². The van der Waals surface area contributed by atoms with E-state index in [9.17, 15) is 4.79 Å². The van der Waals surface area contributed by atoms with Gasteiger partial charge in [0.1, 0.15) is 5.75 Å². The minimum Gasteiger partial charge on any atom is -0.496 e. The lowest BCUT2D eigenvalue weighted by molar-refractivity contribution is -0.120. The number of amides is 1. The molecule has 0 aromatic heterocycles. The molecule has 0 saturated carbocycles. The molecule has 0 spiro atoms. The molecule has 3 N–H and O–H groups in total. The highest BCUT2D eigenvalue weighted by Gasteiger charge is 2.21. The Labute approximate surface area is 115 Å². The third-order valence-corrected chi connectivity index (χ3v) is 3.14. The first kappa shape index (κ1) is 15.5. The molecule has 1 unspecified atom stereocenters. The van der Waals surface area contributed by atoms with Crippen molar-refractivity contribution < 1.29 is 9.53 Å². The molecule has 0 aliphatic carbocycles. The summed E-state index contributed by atoms with van der Waals surface area (Å²) in [7, 11) is 3.28. The quantitative estimate of drug-likeness (QED) is 0.875. The van der Waals surface area contributed by atoms with Crippen molar-refractivity contribution in [3.63, 3.8) is 0 Å². The van der Waals surface area contributed by atoms with E-state index < -0.39 is 0 Å². The predicted octanol–water partition coefficient (Wildman–Crippen LogP) is 2.13. The Morgan fingerprint density at radius 3 is 2.53 bits per heavy atom. The Balaban J connectivity index is 3.08. The van der Waals surface area contributed by atoms with Crippen LogP contribution in [-0.4, -0.2) is 20.1 Å². The molecule has 106 valence electrons. The van der Waals surface area contributed by atoms with Gasteiger partial charge in [0.15, 0.2) is 0 Å². The van der Waals surface area contributed by atoms with Crippen LogP contribution in [0, 0.1) is 0 Å². The molecule has 0 aliphatic heterocycles. The van der Waals surface area contributed by atoms with E-state index in [-0.39, 0.29) is 23.8 Å². The van der Waals surface area contributed by atoms with Crippen LogP contribution in [0.25, 0.3) is 0 Å². The summed E-state index contributed by atoms with van der Waals surface area (Å²) in [4.78, 5) is 11.4. The molecule has 1 atom stereocenters. The molecule has 19 heavy (non-hydrogen) atoms. The highest BCUT2D eigenvalue weighted by molar-refractivity contribution is 5.76. The maximum Gasteiger partial charge on any atom is 0.221 e. The Morgan fingerprint density at radius 1 is 1.42 bits per heavy atom. The van der Waals surface area contributed by atoms with Gasteiger partial charge in [0.25, 0.3) is 0 Å². The van der Waals surface area contributed by atoms with Gasteiger partial charge < -0.3 is 15.8 Å². The number of methoxy groups -OCH3 is 1. The van der Waals surface area contributed by atoms with Gasteiger partial charge in [0.05, 0.1) is 7.11 Å². The summed E-state index contributed by atoms with van der Waals surface area (Å²) in [5.41, 5.74) is 8.09. The lowest BCUT2D eigenvalue weighted by Crippen LogP contribution is -2.24. The molecule has 1 amide bonds. The zero-order chi connectivity index (χ0) is 14.6. The van der Waals surface area contributed by atoms with Crippen LogP contribution in [0.15, 0.2) is 18.2 Å². The third-order valence-electron chi connectivity index (χ3n) is 3.14. The molecule has 0 saturated heterocycles. The number of hydrogen-bond donors (Lipinski definition) is 2. The van der Waals surface area contributed by atoms with Gasteiger partial charge in [-0.15, -0.1) is 0 Å². The van der Waals surface area contributed by atoms with Crippen LogP contribution in [0.2, 0.25) is 0 Å². The first-order valence-electron chi connectivity index (χ1n) is 6.44. The van der Waals surface area contributed by atoms with Crippen LogP contribution in [0.3, 0.4) is 0 Å². The smallest absolute Gasteiger partial charge is 0.221 e. The Hall–Kier alpha value is -1.55. The lowest BCUT2D eigenvalue weighted by Gasteiger charge is -2.24. The number of rotatable bonds is 4. The molecule has 0 radical (unpaired) electrons. The van der Waals surface area contributed by atoms with Crippen molar-refractivity contribution in [3.05, 3.63) is 29.3 Å². The zero-order valence-electron chi connectivity index (χ0n) is 12.4. The van der Waals surface area contributed by atoms with E-state index in [1.807, 2.05) is 18.2 Å². The fourth-order valence-corrected chi connectivity index (χ4v) is 1.96. The van der Waals surface area contributed by atoms with Crippen LogP contribution in [0.5, 0.6) is 5.75 Å². The summed E-state index contributed by atoms with van der Waals surface area (Å²) < 4.78 is 5.39. The van der Waals surface area contributed by atoms with Crippen molar-refractivity contribution >= 4 is 5.91 Å². The number of nitrogens with two attached hydrogens (primary N) is 1. The number of carbonyl (C=O) groups is 1. The largest absolute Gasteiger partial charge is 0.496 e. The molecular formula is C15H24N2O2. The molecule has 0 bridgehead atoms. The Bertz CT molecular complexity index is 450. The van der Waals surface area contributed by atoms with Crippen molar-refractivity contribution in [1.82, 2.24) is 5.32 Å². The summed E-state index contributed by atoms with van der Waals surface area (Å²) in [6.45, 7) is 6.37. The second-order valence-electron chi connectivity index (χ2n) is 5.69. The molecule has 1 aromatic carbocycles. The van der Waals surface area contributed by atoms with Crippen LogP contribution >= 0.6 is 0 Å². The second-order valence-corrected chi connectivity index (χ2v) is 5.69. The van der Waals surface area contributed by atoms with Crippen molar-refractivity contribution in [1.29, 1.82) is 0 Å². The topological polar surface area (TPSA) is 64.4 Å². The van der Waals surface area contributed by atoms with E-state index in [0.717, 1.165) is 16.9 Å². The maximum absolute atomic E-state index is 11.4. The highest BCUT2D eigenvalue weighted by Crippen LogP contribution is 2.33. The Kier molecular flexibility index (Phi) is 4.95. The first-order chi connectivity index (χ1) is 8.79. The van der Waals surface area contributed by atoms with Gasteiger partial charge in [0.2, 0.25) is 5.91 Å². The second kappa shape index (κ2) is 6.06. The van der Waals surface area contributed by atoms with Crippen molar-refractivity contribution in [3.8, 4) is 5.75 Å². The summed E-state index contributed by atoms with van der Waals surface area (Å²) in [6, 6.07) is 5.57. The monoisotopic (exact) mass is 264 g/mol. The maximum atomic E-state index is 11.4. The van der Waals surface area contributed by atoms with Crippen LogP contribution in [0.4, 0.5) is 0 Å². The van der Waals surface area contributed by atoms with Gasteiger partial charge in [-0.05, 0) is 22.6 Å². The predicted molar refractivity (Wildman–Crippen MR) is 77.3 cm³/mol. The highest BCUT2D eigenvalue weighted by atomic mass is 16.5.